The first-order chi connectivity index (χ1) is 11.6. The van der Waals surface area contributed by atoms with Gasteiger partial charge in [-0.3, -0.25) is 9.59 Å². The van der Waals surface area contributed by atoms with Crippen LogP contribution >= 0.6 is 11.6 Å². The van der Waals surface area contributed by atoms with Gasteiger partial charge in [0.05, 0.1) is 12.0 Å². The highest BCUT2D eigenvalue weighted by molar-refractivity contribution is 6.30. The molecule has 0 unspecified atom stereocenters. The van der Waals surface area contributed by atoms with Gasteiger partial charge in [0.15, 0.2) is 6.61 Å². The molecule has 1 rings (SSSR count). The Morgan fingerprint density at radius 2 is 1.80 bits per heavy atom. The molecule has 0 aliphatic carbocycles. The third-order valence-electron chi connectivity index (χ3n) is 4.28. The number of nitriles is 1. The predicted octanol–water partition coefficient (Wildman–Crippen LogP) is 3.68. The summed E-state index contributed by atoms with van der Waals surface area (Å²) in [6, 6.07) is 9.07. The van der Waals surface area contributed by atoms with Crippen molar-refractivity contribution in [3.05, 3.63) is 34.9 Å². The quantitative estimate of drug-likeness (QED) is 0.748. The minimum absolute atomic E-state index is 0.00299. The Morgan fingerprint density at radius 3 is 2.24 bits per heavy atom. The fraction of sp³-hybridized carbons (Fsp3) is 0.526. The fourth-order valence-corrected chi connectivity index (χ4v) is 2.44. The molecule has 1 amide bonds. The summed E-state index contributed by atoms with van der Waals surface area (Å²) in [4.78, 5) is 24.5. The van der Waals surface area contributed by atoms with Gasteiger partial charge >= 0.3 is 5.97 Å². The van der Waals surface area contributed by atoms with E-state index in [0.29, 0.717) is 5.02 Å². The first-order valence-electron chi connectivity index (χ1n) is 8.25. The standard InChI is InChI=1S/C19H25ClN2O3/c1-12(2)17(14-6-8-15(20)9-7-14)18(24)25-10-16(23)22-19(5,11-21)13(3)4/h6-9,12-13,17H,10H2,1-5H3,(H,22,23)/t17-,19-/m1/s1. The van der Waals surface area contributed by atoms with Crippen molar-refractivity contribution in [1.29, 1.82) is 5.26 Å². The molecular formula is C19H25ClN2O3. The average Bonchev–Trinajstić information content (AvgIpc) is 2.54. The van der Waals surface area contributed by atoms with Gasteiger partial charge in [0, 0.05) is 5.02 Å². The zero-order valence-electron chi connectivity index (χ0n) is 15.3. The third kappa shape index (κ3) is 5.75. The van der Waals surface area contributed by atoms with Crippen LogP contribution in [-0.4, -0.2) is 24.0 Å². The summed E-state index contributed by atoms with van der Waals surface area (Å²) in [5.41, 5.74) is -0.217. The number of nitrogens with zero attached hydrogens (tertiary/aromatic N) is 1. The van der Waals surface area contributed by atoms with Crippen molar-refractivity contribution in [3.8, 4) is 6.07 Å². The molecule has 136 valence electrons. The van der Waals surface area contributed by atoms with Crippen LogP contribution in [0, 0.1) is 23.2 Å². The Morgan fingerprint density at radius 1 is 1.24 bits per heavy atom. The summed E-state index contributed by atoms with van der Waals surface area (Å²) in [7, 11) is 0. The van der Waals surface area contributed by atoms with Gasteiger partial charge in [-0.2, -0.15) is 5.26 Å². The lowest BCUT2D eigenvalue weighted by Gasteiger charge is -2.27. The van der Waals surface area contributed by atoms with Crippen molar-refractivity contribution in [3.63, 3.8) is 0 Å². The smallest absolute Gasteiger partial charge is 0.314 e. The Kier molecular flexibility index (Phi) is 7.44. The maximum absolute atomic E-state index is 12.4. The number of rotatable bonds is 7. The first kappa shape index (κ1) is 21.0. The molecule has 0 spiro atoms. The van der Waals surface area contributed by atoms with Crippen molar-refractivity contribution in [2.45, 2.75) is 46.1 Å². The maximum Gasteiger partial charge on any atom is 0.314 e. The van der Waals surface area contributed by atoms with Crippen molar-refractivity contribution >= 4 is 23.5 Å². The number of benzene rings is 1. The van der Waals surface area contributed by atoms with E-state index in [-0.39, 0.29) is 11.8 Å². The summed E-state index contributed by atoms with van der Waals surface area (Å²) >= 11 is 5.88. The SMILES string of the molecule is CC(C)[C@@H](C(=O)OCC(=O)N[C@](C)(C#N)C(C)C)c1ccc(Cl)cc1. The normalized spacial score (nSPS) is 14.5. The molecule has 0 saturated heterocycles. The highest BCUT2D eigenvalue weighted by Gasteiger charge is 2.31. The van der Waals surface area contributed by atoms with Crippen LogP contribution in [0.15, 0.2) is 24.3 Å². The van der Waals surface area contributed by atoms with Gasteiger partial charge in [-0.1, -0.05) is 51.4 Å². The second-order valence-corrected chi connectivity index (χ2v) is 7.33. The summed E-state index contributed by atoms with van der Waals surface area (Å²) < 4.78 is 5.19. The molecule has 1 N–H and O–H groups in total. The molecule has 0 aliphatic heterocycles. The van der Waals surface area contributed by atoms with Crippen molar-refractivity contribution in [1.82, 2.24) is 5.32 Å². The lowest BCUT2D eigenvalue weighted by atomic mass is 9.88. The molecule has 0 fully saturated rings. The van der Waals surface area contributed by atoms with E-state index >= 15 is 0 Å². The van der Waals surface area contributed by atoms with Gasteiger partial charge in [0.25, 0.3) is 5.91 Å². The molecule has 0 bridgehead atoms. The van der Waals surface area contributed by atoms with Gasteiger partial charge in [0.1, 0.15) is 5.54 Å². The van der Waals surface area contributed by atoms with Crippen molar-refractivity contribution in [2.75, 3.05) is 6.61 Å². The lowest BCUT2D eigenvalue weighted by Crippen LogP contribution is -2.50. The number of ether oxygens (including phenoxy) is 1. The molecule has 5 nitrogen and oxygen atoms in total. The van der Waals surface area contributed by atoms with Crippen LogP contribution in [-0.2, 0) is 14.3 Å². The molecule has 1 aromatic carbocycles. The molecule has 25 heavy (non-hydrogen) atoms. The third-order valence-corrected chi connectivity index (χ3v) is 4.53. The van der Waals surface area contributed by atoms with Crippen LogP contribution in [0.2, 0.25) is 5.02 Å². The van der Waals surface area contributed by atoms with Crippen LogP contribution in [0.3, 0.4) is 0 Å². The Labute approximate surface area is 154 Å². The van der Waals surface area contributed by atoms with Gasteiger partial charge in [-0.15, -0.1) is 0 Å². The number of hydrogen-bond donors (Lipinski definition) is 1. The van der Waals surface area contributed by atoms with Gasteiger partial charge in [-0.05, 0) is 36.5 Å². The molecule has 0 aromatic heterocycles. The Balaban J connectivity index is 2.74. The largest absolute Gasteiger partial charge is 0.455 e. The zero-order valence-corrected chi connectivity index (χ0v) is 16.1. The fourth-order valence-electron chi connectivity index (χ4n) is 2.32. The molecule has 1 aromatic rings. The van der Waals surface area contributed by atoms with Crippen LogP contribution in [0.4, 0.5) is 0 Å². The van der Waals surface area contributed by atoms with E-state index in [1.807, 2.05) is 27.7 Å². The van der Waals surface area contributed by atoms with Crippen LogP contribution < -0.4 is 5.32 Å². The first-order valence-corrected chi connectivity index (χ1v) is 8.63. The lowest BCUT2D eigenvalue weighted by molar-refractivity contribution is -0.151. The number of halogens is 1. The number of carbonyl (C=O) groups is 2. The van der Waals surface area contributed by atoms with Gasteiger partial charge in [0.2, 0.25) is 0 Å². The second kappa shape index (κ2) is 8.87. The predicted molar refractivity (Wildman–Crippen MR) is 97.0 cm³/mol. The number of hydrogen-bond acceptors (Lipinski definition) is 4. The topological polar surface area (TPSA) is 79.2 Å². The minimum Gasteiger partial charge on any atom is -0.455 e. The molecular weight excluding hydrogens is 340 g/mol. The number of esters is 1. The number of carbonyl (C=O) groups excluding carboxylic acids is 2. The molecule has 6 heteroatoms. The van der Waals surface area contributed by atoms with E-state index in [1.165, 1.54) is 0 Å². The van der Waals surface area contributed by atoms with Gasteiger partial charge in [-0.25, -0.2) is 0 Å². The van der Waals surface area contributed by atoms with Crippen LogP contribution in [0.5, 0.6) is 0 Å². The molecule has 0 radical (unpaired) electrons. The average molecular weight is 365 g/mol. The van der Waals surface area contributed by atoms with E-state index in [4.69, 9.17) is 16.3 Å². The van der Waals surface area contributed by atoms with E-state index in [9.17, 15) is 14.9 Å². The van der Waals surface area contributed by atoms with Gasteiger partial charge < -0.3 is 10.1 Å². The Bertz CT molecular complexity index is 650. The highest BCUT2D eigenvalue weighted by atomic mass is 35.5. The van der Waals surface area contributed by atoms with E-state index in [1.54, 1.807) is 31.2 Å². The molecule has 2 atom stereocenters. The van der Waals surface area contributed by atoms with Crippen molar-refractivity contribution in [2.24, 2.45) is 11.8 Å². The van der Waals surface area contributed by atoms with Crippen LogP contribution in [0.1, 0.15) is 46.1 Å². The van der Waals surface area contributed by atoms with E-state index in [2.05, 4.69) is 11.4 Å². The Hall–Kier alpha value is -2.06. The maximum atomic E-state index is 12.4. The van der Waals surface area contributed by atoms with Crippen LogP contribution in [0.25, 0.3) is 0 Å². The zero-order chi connectivity index (χ0) is 19.2. The molecule has 0 heterocycles. The summed E-state index contributed by atoms with van der Waals surface area (Å²) in [5.74, 6) is -1.54. The monoisotopic (exact) mass is 364 g/mol. The van der Waals surface area contributed by atoms with E-state index in [0.717, 1.165) is 5.56 Å². The van der Waals surface area contributed by atoms with Crippen molar-refractivity contribution < 1.29 is 14.3 Å². The second-order valence-electron chi connectivity index (χ2n) is 6.90. The minimum atomic E-state index is -1.00. The van der Waals surface area contributed by atoms with E-state index < -0.39 is 29.9 Å². The summed E-state index contributed by atoms with van der Waals surface area (Å²) in [5, 5.41) is 12.4. The highest BCUT2D eigenvalue weighted by Crippen LogP contribution is 2.27. The molecule has 0 saturated carbocycles. The summed E-state index contributed by atoms with van der Waals surface area (Å²) in [6.45, 7) is 8.72. The summed E-state index contributed by atoms with van der Waals surface area (Å²) in [6.07, 6.45) is 0. The number of nitrogens with one attached hydrogen (secondary N) is 1. The number of amides is 1. The molecule has 0 aliphatic rings.